The van der Waals surface area contributed by atoms with Crippen LogP contribution in [0.25, 0.3) is 0 Å². The Hall–Kier alpha value is 0.0400. The van der Waals surface area contributed by atoms with Gasteiger partial charge in [-0.05, 0) is 46.9 Å². The molecule has 0 bridgehead atoms. The number of rotatable bonds is 2. The van der Waals surface area contributed by atoms with Crippen molar-refractivity contribution in [3.63, 3.8) is 0 Å². The van der Waals surface area contributed by atoms with Gasteiger partial charge in [0.15, 0.2) is 0 Å². The van der Waals surface area contributed by atoms with E-state index in [0.717, 1.165) is 18.6 Å². The van der Waals surface area contributed by atoms with Crippen molar-refractivity contribution < 1.29 is 4.74 Å². The zero-order valence-electron chi connectivity index (χ0n) is 7.04. The minimum absolute atomic E-state index is 0.328. The number of ether oxygens (including phenoxy) is 1. The predicted molar refractivity (Wildman–Crippen MR) is 62.5 cm³/mol. The van der Waals surface area contributed by atoms with Gasteiger partial charge < -0.3 is 4.74 Å². The predicted octanol–water partition coefficient (Wildman–Crippen LogP) is 3.44. The van der Waals surface area contributed by atoms with Gasteiger partial charge in [-0.25, -0.2) is 0 Å². The Bertz CT molecular complexity index is 279. The van der Waals surface area contributed by atoms with Gasteiger partial charge in [-0.1, -0.05) is 0 Å². The summed E-state index contributed by atoms with van der Waals surface area (Å²) in [4.78, 5) is 0. The maximum absolute atomic E-state index is 5.85. The summed E-state index contributed by atoms with van der Waals surface area (Å²) >= 11 is 8.13. The van der Waals surface area contributed by atoms with Crippen molar-refractivity contribution in [2.24, 2.45) is 0 Å². The van der Waals surface area contributed by atoms with Gasteiger partial charge in [-0.3, -0.25) is 0 Å². The largest absolute Gasteiger partial charge is 0.490 e. The van der Waals surface area contributed by atoms with Crippen LogP contribution in [0.2, 0.25) is 0 Å². The van der Waals surface area contributed by atoms with E-state index in [1.165, 1.54) is 3.57 Å². The average Bonchev–Trinajstić information content (AvgIpc) is 2.06. The third kappa shape index (κ3) is 2.50. The van der Waals surface area contributed by atoms with Gasteiger partial charge in [0, 0.05) is 21.8 Å². The van der Waals surface area contributed by atoms with Crippen LogP contribution < -0.4 is 4.74 Å². The Morgan fingerprint density at radius 2 is 1.85 bits per heavy atom. The fraction of sp³-hybridized carbons (Fsp3) is 0.400. The van der Waals surface area contributed by atoms with Crippen molar-refractivity contribution in [3.8, 4) is 5.75 Å². The number of benzene rings is 1. The number of hydrogen-bond acceptors (Lipinski definition) is 1. The number of alkyl halides is 1. The topological polar surface area (TPSA) is 9.23 Å². The fourth-order valence-electron chi connectivity index (χ4n) is 1.30. The second-order valence-corrected chi connectivity index (χ2v) is 5.13. The zero-order valence-corrected chi connectivity index (χ0v) is 9.96. The molecule has 1 aliphatic carbocycles. The van der Waals surface area contributed by atoms with Crippen LogP contribution in [0.1, 0.15) is 12.8 Å². The monoisotopic (exact) mass is 308 g/mol. The highest BCUT2D eigenvalue weighted by atomic mass is 127. The van der Waals surface area contributed by atoms with Crippen LogP contribution in [0.5, 0.6) is 5.75 Å². The van der Waals surface area contributed by atoms with Crippen molar-refractivity contribution in [3.05, 3.63) is 27.8 Å². The molecule has 1 aromatic rings. The van der Waals surface area contributed by atoms with E-state index in [4.69, 9.17) is 16.3 Å². The molecule has 1 aromatic carbocycles. The molecular formula is C10H10ClIO. The molecule has 2 rings (SSSR count). The maximum atomic E-state index is 5.85. The molecule has 1 aliphatic rings. The summed E-state index contributed by atoms with van der Waals surface area (Å²) in [5.41, 5.74) is 0. The SMILES string of the molecule is ClC1CC(Oc2ccc(I)cc2)C1. The summed E-state index contributed by atoms with van der Waals surface area (Å²) < 4.78 is 6.92. The van der Waals surface area contributed by atoms with Crippen LogP contribution in [0.15, 0.2) is 24.3 Å². The lowest BCUT2D eigenvalue weighted by atomic mass is 9.95. The highest BCUT2D eigenvalue weighted by Gasteiger charge is 2.28. The van der Waals surface area contributed by atoms with Crippen molar-refractivity contribution >= 4 is 34.2 Å². The molecule has 3 heteroatoms. The van der Waals surface area contributed by atoms with Crippen molar-refractivity contribution in [1.29, 1.82) is 0 Å². The molecule has 0 unspecified atom stereocenters. The van der Waals surface area contributed by atoms with E-state index in [2.05, 4.69) is 22.6 Å². The Morgan fingerprint density at radius 1 is 1.23 bits per heavy atom. The van der Waals surface area contributed by atoms with E-state index < -0.39 is 0 Å². The van der Waals surface area contributed by atoms with Crippen LogP contribution in [-0.2, 0) is 0 Å². The summed E-state index contributed by atoms with van der Waals surface area (Å²) in [7, 11) is 0. The average molecular weight is 309 g/mol. The molecule has 13 heavy (non-hydrogen) atoms. The molecule has 0 spiro atoms. The molecule has 0 atom stereocenters. The van der Waals surface area contributed by atoms with Gasteiger partial charge in [0.2, 0.25) is 0 Å². The van der Waals surface area contributed by atoms with Crippen LogP contribution in [0.4, 0.5) is 0 Å². The quantitative estimate of drug-likeness (QED) is 0.601. The third-order valence-electron chi connectivity index (χ3n) is 2.15. The summed E-state index contributed by atoms with van der Waals surface area (Å²) in [6.07, 6.45) is 2.30. The van der Waals surface area contributed by atoms with Crippen molar-refractivity contribution in [1.82, 2.24) is 0 Å². The van der Waals surface area contributed by atoms with Crippen LogP contribution in [0.3, 0.4) is 0 Å². The van der Waals surface area contributed by atoms with E-state index >= 15 is 0 Å². The summed E-state index contributed by atoms with van der Waals surface area (Å²) in [6.45, 7) is 0. The van der Waals surface area contributed by atoms with E-state index in [0.29, 0.717) is 11.5 Å². The Morgan fingerprint density at radius 3 is 2.38 bits per heavy atom. The minimum atomic E-state index is 0.328. The minimum Gasteiger partial charge on any atom is -0.490 e. The Kier molecular flexibility index (Phi) is 2.99. The third-order valence-corrected chi connectivity index (χ3v) is 3.23. The first kappa shape index (κ1) is 9.59. The molecule has 1 nitrogen and oxygen atoms in total. The lowest BCUT2D eigenvalue weighted by molar-refractivity contribution is 0.124. The molecule has 70 valence electrons. The van der Waals surface area contributed by atoms with Gasteiger partial charge in [-0.15, -0.1) is 11.6 Å². The highest BCUT2D eigenvalue weighted by Crippen LogP contribution is 2.29. The van der Waals surface area contributed by atoms with Gasteiger partial charge in [0.05, 0.1) is 0 Å². The molecule has 1 fully saturated rings. The van der Waals surface area contributed by atoms with Crippen LogP contribution in [-0.4, -0.2) is 11.5 Å². The van der Waals surface area contributed by atoms with Gasteiger partial charge in [-0.2, -0.15) is 0 Å². The number of hydrogen-bond donors (Lipinski definition) is 0. The smallest absolute Gasteiger partial charge is 0.119 e. The van der Waals surface area contributed by atoms with Crippen molar-refractivity contribution in [2.75, 3.05) is 0 Å². The normalized spacial score (nSPS) is 26.6. The summed E-state index contributed by atoms with van der Waals surface area (Å²) in [5, 5.41) is 0.328. The second-order valence-electron chi connectivity index (χ2n) is 3.26. The zero-order chi connectivity index (χ0) is 9.26. The molecule has 0 aliphatic heterocycles. The van der Waals surface area contributed by atoms with E-state index in [-0.39, 0.29) is 0 Å². The standard InChI is InChI=1S/C10H10ClIO/c11-7-5-10(6-7)13-9-3-1-8(12)2-4-9/h1-4,7,10H,5-6H2. The first-order valence-corrected chi connectivity index (χ1v) is 5.82. The second kappa shape index (κ2) is 4.05. The van der Waals surface area contributed by atoms with E-state index in [1.54, 1.807) is 0 Å². The van der Waals surface area contributed by atoms with Crippen LogP contribution in [0, 0.1) is 3.57 Å². The first-order valence-electron chi connectivity index (χ1n) is 4.30. The number of halogens is 2. The fourth-order valence-corrected chi connectivity index (χ4v) is 2.06. The molecular weight excluding hydrogens is 298 g/mol. The Balaban J connectivity index is 1.91. The lowest BCUT2D eigenvalue weighted by Crippen LogP contribution is -2.34. The summed E-state index contributed by atoms with van der Waals surface area (Å²) in [5.74, 6) is 0.953. The van der Waals surface area contributed by atoms with Gasteiger partial charge in [0.1, 0.15) is 11.9 Å². The molecule has 0 radical (unpaired) electrons. The molecule has 0 aromatic heterocycles. The van der Waals surface area contributed by atoms with E-state index in [9.17, 15) is 0 Å². The maximum Gasteiger partial charge on any atom is 0.119 e. The Labute approximate surface area is 96.6 Å². The molecule has 0 amide bonds. The first-order chi connectivity index (χ1) is 6.24. The van der Waals surface area contributed by atoms with Crippen LogP contribution >= 0.6 is 34.2 Å². The molecule has 0 heterocycles. The van der Waals surface area contributed by atoms with Crippen molar-refractivity contribution in [2.45, 2.75) is 24.3 Å². The highest BCUT2D eigenvalue weighted by molar-refractivity contribution is 14.1. The van der Waals surface area contributed by atoms with Gasteiger partial charge in [0.25, 0.3) is 0 Å². The lowest BCUT2D eigenvalue weighted by Gasteiger charge is -2.31. The van der Waals surface area contributed by atoms with E-state index in [1.807, 2.05) is 24.3 Å². The molecule has 1 saturated carbocycles. The molecule has 0 saturated heterocycles. The molecule has 0 N–H and O–H groups in total. The summed E-state index contributed by atoms with van der Waals surface area (Å²) in [6, 6.07) is 8.10. The van der Waals surface area contributed by atoms with Gasteiger partial charge >= 0.3 is 0 Å².